The Morgan fingerprint density at radius 2 is 1.57 bits per heavy atom. The summed E-state index contributed by atoms with van der Waals surface area (Å²) in [4.78, 5) is 22.8. The zero-order chi connectivity index (χ0) is 14.9. The van der Waals surface area contributed by atoms with Gasteiger partial charge in [-0.1, -0.05) is 48.5 Å². The van der Waals surface area contributed by atoms with Gasteiger partial charge in [0.25, 0.3) is 5.69 Å². The molecule has 0 aliphatic heterocycles. The van der Waals surface area contributed by atoms with Gasteiger partial charge in [0, 0.05) is 12.1 Å². The van der Waals surface area contributed by atoms with Gasteiger partial charge in [-0.05, 0) is 23.6 Å². The Morgan fingerprint density at radius 1 is 0.952 bits per heavy atom. The molecular weight excluding hydrogens is 266 g/mol. The second-order valence-corrected chi connectivity index (χ2v) is 5.05. The smallest absolute Gasteiger partial charge is 0.269 e. The number of carbonyl (C=O) groups excluding carboxylic acids is 1. The summed E-state index contributed by atoms with van der Waals surface area (Å²) in [6.45, 7) is 0. The number of nitro benzene ring substituents is 1. The van der Waals surface area contributed by atoms with Crippen LogP contribution in [0.4, 0.5) is 5.69 Å². The van der Waals surface area contributed by atoms with Crippen LogP contribution in [0.3, 0.4) is 0 Å². The molecule has 0 spiro atoms. The summed E-state index contributed by atoms with van der Waals surface area (Å²) < 4.78 is 0. The van der Waals surface area contributed by atoms with Crippen molar-refractivity contribution in [3.63, 3.8) is 0 Å². The fourth-order valence-electron chi connectivity index (χ4n) is 2.86. The first-order chi connectivity index (χ1) is 10.1. The maximum absolute atomic E-state index is 12.5. The highest BCUT2D eigenvalue weighted by Crippen LogP contribution is 2.41. The van der Waals surface area contributed by atoms with Gasteiger partial charge in [-0.3, -0.25) is 14.9 Å². The van der Waals surface area contributed by atoms with E-state index in [1.807, 2.05) is 36.4 Å². The van der Waals surface area contributed by atoms with Crippen molar-refractivity contribution in [3.8, 4) is 0 Å². The van der Waals surface area contributed by atoms with Gasteiger partial charge in [0.1, 0.15) is 0 Å². The SMILES string of the molecule is O=C1C=CCC1(c1ccccc1)c1ccc([N+](=O)[O-])cc1. The summed E-state index contributed by atoms with van der Waals surface area (Å²) in [5.74, 6) is 0.0163. The van der Waals surface area contributed by atoms with Crippen LogP contribution in [0.1, 0.15) is 17.5 Å². The number of nitro groups is 1. The molecule has 0 saturated heterocycles. The van der Waals surface area contributed by atoms with Gasteiger partial charge in [-0.15, -0.1) is 0 Å². The fraction of sp³-hybridized carbons (Fsp3) is 0.118. The Hall–Kier alpha value is -2.75. The second-order valence-electron chi connectivity index (χ2n) is 5.05. The lowest BCUT2D eigenvalue weighted by Gasteiger charge is -2.28. The lowest BCUT2D eigenvalue weighted by atomic mass is 9.72. The molecule has 4 nitrogen and oxygen atoms in total. The number of hydrogen-bond donors (Lipinski definition) is 0. The Kier molecular flexibility index (Phi) is 3.14. The highest BCUT2D eigenvalue weighted by molar-refractivity contribution is 6.04. The van der Waals surface area contributed by atoms with Crippen molar-refractivity contribution in [2.75, 3.05) is 0 Å². The molecule has 1 aliphatic carbocycles. The number of rotatable bonds is 3. The van der Waals surface area contributed by atoms with Crippen LogP contribution in [0.2, 0.25) is 0 Å². The predicted molar refractivity (Wildman–Crippen MR) is 79.1 cm³/mol. The van der Waals surface area contributed by atoms with E-state index in [1.165, 1.54) is 12.1 Å². The van der Waals surface area contributed by atoms with Crippen molar-refractivity contribution in [1.82, 2.24) is 0 Å². The Labute approximate surface area is 121 Å². The summed E-state index contributed by atoms with van der Waals surface area (Å²) in [5.41, 5.74) is 0.972. The van der Waals surface area contributed by atoms with E-state index in [1.54, 1.807) is 18.2 Å². The first-order valence-corrected chi connectivity index (χ1v) is 6.66. The third-order valence-corrected chi connectivity index (χ3v) is 3.95. The lowest BCUT2D eigenvalue weighted by Crippen LogP contribution is -2.32. The number of carbonyl (C=O) groups is 1. The Balaban J connectivity index is 2.13. The molecule has 1 unspecified atom stereocenters. The van der Waals surface area contributed by atoms with E-state index in [0.29, 0.717) is 6.42 Å². The van der Waals surface area contributed by atoms with E-state index in [-0.39, 0.29) is 11.5 Å². The number of allylic oxidation sites excluding steroid dienone is 2. The van der Waals surface area contributed by atoms with Crippen LogP contribution in [0.15, 0.2) is 66.7 Å². The molecule has 0 saturated carbocycles. The average Bonchev–Trinajstić information content (AvgIpc) is 2.91. The zero-order valence-corrected chi connectivity index (χ0v) is 11.2. The van der Waals surface area contributed by atoms with Gasteiger partial charge in [-0.2, -0.15) is 0 Å². The number of ketones is 1. The minimum absolute atomic E-state index is 0.0163. The Morgan fingerprint density at radius 3 is 2.10 bits per heavy atom. The standard InChI is InChI=1S/C17H13NO3/c19-16-7-4-12-17(16,13-5-2-1-3-6-13)14-8-10-15(11-9-14)18(20)21/h1-11H,12H2. The van der Waals surface area contributed by atoms with Crippen LogP contribution >= 0.6 is 0 Å². The largest absolute Gasteiger partial charge is 0.293 e. The zero-order valence-electron chi connectivity index (χ0n) is 11.2. The fourth-order valence-corrected chi connectivity index (χ4v) is 2.86. The van der Waals surface area contributed by atoms with Crippen molar-refractivity contribution < 1.29 is 9.72 Å². The lowest BCUT2D eigenvalue weighted by molar-refractivity contribution is -0.384. The second kappa shape index (κ2) is 4.98. The molecule has 0 fully saturated rings. The molecule has 0 amide bonds. The molecule has 0 heterocycles. The van der Waals surface area contributed by atoms with Crippen molar-refractivity contribution in [1.29, 1.82) is 0 Å². The van der Waals surface area contributed by atoms with E-state index in [9.17, 15) is 14.9 Å². The minimum Gasteiger partial charge on any atom is -0.293 e. The first-order valence-electron chi connectivity index (χ1n) is 6.66. The number of benzene rings is 2. The van der Waals surface area contributed by atoms with Crippen molar-refractivity contribution in [3.05, 3.63) is 88.0 Å². The molecule has 21 heavy (non-hydrogen) atoms. The number of hydrogen-bond acceptors (Lipinski definition) is 3. The summed E-state index contributed by atoms with van der Waals surface area (Å²) >= 11 is 0. The van der Waals surface area contributed by atoms with Crippen LogP contribution in [-0.4, -0.2) is 10.7 Å². The topological polar surface area (TPSA) is 60.2 Å². The van der Waals surface area contributed by atoms with E-state index in [0.717, 1.165) is 11.1 Å². The van der Waals surface area contributed by atoms with Gasteiger partial charge in [-0.25, -0.2) is 0 Å². The molecular formula is C17H13NO3. The molecule has 0 bridgehead atoms. The van der Waals surface area contributed by atoms with Gasteiger partial charge in [0.05, 0.1) is 10.3 Å². The molecule has 2 aromatic rings. The molecule has 1 aliphatic rings. The predicted octanol–water partition coefficient (Wildman–Crippen LogP) is 3.41. The van der Waals surface area contributed by atoms with Crippen LogP contribution in [0, 0.1) is 10.1 Å². The molecule has 104 valence electrons. The van der Waals surface area contributed by atoms with Gasteiger partial charge < -0.3 is 0 Å². The van der Waals surface area contributed by atoms with Crippen LogP contribution in [-0.2, 0) is 10.2 Å². The monoisotopic (exact) mass is 279 g/mol. The third-order valence-electron chi connectivity index (χ3n) is 3.95. The van der Waals surface area contributed by atoms with Crippen molar-refractivity contribution in [2.24, 2.45) is 0 Å². The minimum atomic E-state index is -0.754. The summed E-state index contributed by atoms with van der Waals surface area (Å²) in [6.07, 6.45) is 4.03. The third kappa shape index (κ3) is 2.05. The molecule has 1 atom stereocenters. The van der Waals surface area contributed by atoms with Gasteiger partial charge >= 0.3 is 0 Å². The van der Waals surface area contributed by atoms with E-state index in [4.69, 9.17) is 0 Å². The average molecular weight is 279 g/mol. The molecule has 0 N–H and O–H groups in total. The van der Waals surface area contributed by atoms with Crippen LogP contribution in [0.25, 0.3) is 0 Å². The molecule has 4 heteroatoms. The van der Waals surface area contributed by atoms with Crippen LogP contribution < -0.4 is 0 Å². The number of nitrogens with zero attached hydrogens (tertiary/aromatic N) is 1. The molecule has 3 rings (SSSR count). The van der Waals surface area contributed by atoms with Crippen molar-refractivity contribution >= 4 is 11.5 Å². The summed E-state index contributed by atoms with van der Waals surface area (Å²) in [7, 11) is 0. The van der Waals surface area contributed by atoms with E-state index in [2.05, 4.69) is 0 Å². The summed E-state index contributed by atoms with van der Waals surface area (Å²) in [5, 5.41) is 10.8. The number of non-ortho nitro benzene ring substituents is 1. The maximum Gasteiger partial charge on any atom is 0.269 e. The van der Waals surface area contributed by atoms with E-state index < -0.39 is 10.3 Å². The molecule has 2 aromatic carbocycles. The Bertz CT molecular complexity index is 719. The first kappa shape index (κ1) is 13.2. The van der Waals surface area contributed by atoms with Gasteiger partial charge in [0.2, 0.25) is 0 Å². The van der Waals surface area contributed by atoms with E-state index >= 15 is 0 Å². The normalized spacial score (nSPS) is 20.7. The molecule has 0 radical (unpaired) electrons. The van der Waals surface area contributed by atoms with Gasteiger partial charge in [0.15, 0.2) is 5.78 Å². The molecule has 0 aromatic heterocycles. The highest BCUT2D eigenvalue weighted by atomic mass is 16.6. The van der Waals surface area contributed by atoms with Crippen molar-refractivity contribution in [2.45, 2.75) is 11.8 Å². The maximum atomic E-state index is 12.5. The highest BCUT2D eigenvalue weighted by Gasteiger charge is 2.42. The van der Waals surface area contributed by atoms with Crippen LogP contribution in [0.5, 0.6) is 0 Å². The summed E-state index contributed by atoms with van der Waals surface area (Å²) in [6, 6.07) is 15.8. The quantitative estimate of drug-likeness (QED) is 0.639.